The van der Waals surface area contributed by atoms with Gasteiger partial charge in [-0.2, -0.15) is 43.9 Å². The molecule has 125 heavy (non-hydrogen) atoms. The molecule has 4 aliphatic carbocycles. The number of ketones is 1. The van der Waals surface area contributed by atoms with E-state index in [4.69, 9.17) is 4.74 Å². The Morgan fingerprint density at radius 3 is 1.67 bits per heavy atom. The molecule has 4 N–H and O–H groups in total. The average molecular weight is 1740 g/mol. The van der Waals surface area contributed by atoms with Crippen molar-refractivity contribution in [3.63, 3.8) is 0 Å². The summed E-state index contributed by atoms with van der Waals surface area (Å²) in [5, 5.41) is 41.7. The summed E-state index contributed by atoms with van der Waals surface area (Å²) >= 11 is 0. The SMILES string of the molecule is CC(C)N1/C(=C/C=C2C(=O)N(C)C(=O)N(C)C2=O)OCC1(C)C.CC(C)N1C2=CC(=NC(=O)C(F)(F)C(F)(F)F)C(=C3C(=O)C(c4cc5c(cc4NC(=O)C(F)(F)C(F)(F)F)N(C(C)C)C(C)C5(C)C)=C3O)C=C2C(C)(C)C1C.O=C(N=C1C=C(N2CCCC2)C=C/C1=C1/C(O)=C(c2ccc(N3CCCC3)cc2NC(=O)c2ccccc2)C1[O-])c1ccccc1. The van der Waals surface area contributed by atoms with Crippen LogP contribution in [0.15, 0.2) is 206 Å². The van der Waals surface area contributed by atoms with Crippen LogP contribution in [0.25, 0.3) is 11.1 Å². The number of aliphatic imine (C=N–C) groups is 2. The number of hydrogen-bond donors (Lipinski definition) is 4. The number of carbonyl (C=O) groups is 8. The van der Waals surface area contributed by atoms with Gasteiger partial charge in [0.25, 0.3) is 23.6 Å². The summed E-state index contributed by atoms with van der Waals surface area (Å²) in [5.41, 5.74) is 0.659. The molecule has 23 nitrogen and oxygen atoms in total. The predicted molar refractivity (Wildman–Crippen MR) is 451 cm³/mol. The van der Waals surface area contributed by atoms with Crippen molar-refractivity contribution in [1.82, 2.24) is 24.5 Å². The van der Waals surface area contributed by atoms with Crippen LogP contribution in [-0.2, 0) is 34.1 Å². The number of likely N-dealkylation sites (N-methyl/N-ethyl adjacent to an activating group) is 2. The summed E-state index contributed by atoms with van der Waals surface area (Å²) in [6.07, 6.45) is 1.17. The predicted octanol–water partition coefficient (Wildman–Crippen LogP) is 16.0. The summed E-state index contributed by atoms with van der Waals surface area (Å²) < 4.78 is 142. The van der Waals surface area contributed by atoms with Crippen LogP contribution in [0.1, 0.15) is 160 Å². The number of amides is 8. The summed E-state index contributed by atoms with van der Waals surface area (Å²) in [4.78, 5) is 121. The molecule has 8 amide bonds. The molecular formula is C92H98F10N11O12-. The number of fused-ring (bicyclic) bond motifs is 2. The zero-order valence-electron chi connectivity index (χ0n) is 71.8. The molecule has 664 valence electrons. The third-order valence-corrected chi connectivity index (χ3v) is 24.5. The molecule has 0 radical (unpaired) electrons. The topological polar surface area (TPSA) is 281 Å². The second-order valence-corrected chi connectivity index (χ2v) is 34.7. The van der Waals surface area contributed by atoms with Crippen molar-refractivity contribution in [1.29, 1.82) is 0 Å². The van der Waals surface area contributed by atoms with E-state index in [1.807, 2.05) is 61.2 Å². The molecule has 3 unspecified atom stereocenters. The maximum absolute atomic E-state index is 14.3. The van der Waals surface area contributed by atoms with Gasteiger partial charge in [-0.05, 0) is 202 Å². The number of alkyl halides is 10. The molecule has 4 aromatic carbocycles. The van der Waals surface area contributed by atoms with E-state index in [1.54, 1.807) is 126 Å². The number of likely N-dealkylation sites (tertiary alicyclic amines) is 2. The molecule has 0 saturated carbocycles. The summed E-state index contributed by atoms with van der Waals surface area (Å²) in [7, 11) is 2.70. The van der Waals surface area contributed by atoms with E-state index < -0.39 is 122 Å². The lowest BCUT2D eigenvalue weighted by molar-refractivity contribution is -0.390. The van der Waals surface area contributed by atoms with Gasteiger partial charge < -0.3 is 55.2 Å². The van der Waals surface area contributed by atoms with Crippen molar-refractivity contribution < 1.29 is 102 Å². The summed E-state index contributed by atoms with van der Waals surface area (Å²) in [6.45, 7) is 30.3. The fourth-order valence-electron chi connectivity index (χ4n) is 17.3. The van der Waals surface area contributed by atoms with E-state index in [-0.39, 0.29) is 64.1 Å². The Bertz CT molecular complexity index is 5510. The summed E-state index contributed by atoms with van der Waals surface area (Å²) in [6, 6.07) is 24.1. The maximum atomic E-state index is 14.3. The Morgan fingerprint density at radius 1 is 0.584 bits per heavy atom. The van der Waals surface area contributed by atoms with Crippen molar-refractivity contribution >= 4 is 92.6 Å². The van der Waals surface area contributed by atoms with Crippen LogP contribution in [0.2, 0.25) is 0 Å². The van der Waals surface area contributed by atoms with Gasteiger partial charge in [0.05, 0.1) is 39.5 Å². The van der Waals surface area contributed by atoms with Crippen LogP contribution < -0.4 is 25.5 Å². The van der Waals surface area contributed by atoms with Gasteiger partial charge in [-0.3, -0.25) is 43.4 Å². The number of nitrogens with zero attached hydrogens (tertiary/aromatic N) is 9. The van der Waals surface area contributed by atoms with E-state index in [1.165, 1.54) is 32.3 Å². The lowest BCUT2D eigenvalue weighted by atomic mass is 9.73. The number of benzene rings is 4. The number of rotatable bonds is 14. The molecule has 14 rings (SSSR count). The molecular weight excluding hydrogens is 1640 g/mol. The lowest BCUT2D eigenvalue weighted by Gasteiger charge is -2.41. The molecule has 5 fully saturated rings. The monoisotopic (exact) mass is 1740 g/mol. The zero-order chi connectivity index (χ0) is 91.9. The van der Waals surface area contributed by atoms with Gasteiger partial charge in [0.15, 0.2) is 5.88 Å². The molecule has 6 aliphatic heterocycles. The molecule has 0 spiro atoms. The number of Topliss-reactive ketones (excluding diaryl/α,β-unsaturated/α-hetero) is 1. The second-order valence-electron chi connectivity index (χ2n) is 34.7. The van der Waals surface area contributed by atoms with Gasteiger partial charge in [-0.1, -0.05) is 82.3 Å². The Labute approximate surface area is 716 Å². The van der Waals surface area contributed by atoms with Gasteiger partial charge in [0.2, 0.25) is 5.78 Å². The fourth-order valence-corrected chi connectivity index (χ4v) is 17.3. The number of carbonyl (C=O) groups excluding carboxylic acids is 8. The number of halogens is 10. The highest BCUT2D eigenvalue weighted by Gasteiger charge is 2.65. The largest absolute Gasteiger partial charge is 0.845 e. The molecule has 0 bridgehead atoms. The zero-order valence-corrected chi connectivity index (χ0v) is 71.8. The van der Waals surface area contributed by atoms with Gasteiger partial charge in [0, 0.05) is 137 Å². The van der Waals surface area contributed by atoms with E-state index in [0.717, 1.165) is 85.2 Å². The van der Waals surface area contributed by atoms with Crippen molar-refractivity contribution in [2.75, 3.05) is 67.3 Å². The number of aliphatic hydroxyl groups is 2. The van der Waals surface area contributed by atoms with E-state index >= 15 is 0 Å². The number of urea groups is 1. The van der Waals surface area contributed by atoms with Gasteiger partial charge >= 0.3 is 42.0 Å². The van der Waals surface area contributed by atoms with Crippen molar-refractivity contribution in [3.8, 4) is 0 Å². The summed E-state index contributed by atoms with van der Waals surface area (Å²) in [5.74, 6) is -21.2. The second kappa shape index (κ2) is 34.1. The normalized spacial score (nSPS) is 23.3. The third-order valence-electron chi connectivity index (χ3n) is 24.5. The van der Waals surface area contributed by atoms with Crippen molar-refractivity contribution in [2.45, 2.75) is 194 Å². The van der Waals surface area contributed by atoms with Crippen molar-refractivity contribution in [2.24, 2.45) is 15.4 Å². The number of imide groups is 2. The number of anilines is 4. The number of aliphatic hydroxyl groups excluding tert-OH is 2. The van der Waals surface area contributed by atoms with Crippen LogP contribution in [0, 0.1) is 5.41 Å². The van der Waals surface area contributed by atoms with Crippen LogP contribution in [0.4, 0.5) is 71.4 Å². The van der Waals surface area contributed by atoms with E-state index in [2.05, 4.69) is 57.7 Å². The first-order chi connectivity index (χ1) is 58.3. The van der Waals surface area contributed by atoms with Crippen LogP contribution >= 0.6 is 0 Å². The van der Waals surface area contributed by atoms with E-state index in [9.17, 15) is 97.6 Å². The average Bonchev–Trinajstić information content (AvgIpc) is 1.70. The first kappa shape index (κ1) is 92.0. The highest BCUT2D eigenvalue weighted by Crippen LogP contribution is 2.55. The number of barbiturate groups is 1. The van der Waals surface area contributed by atoms with Gasteiger partial charge in [-0.15, -0.1) is 0 Å². The Kier molecular flexibility index (Phi) is 25.1. The minimum Gasteiger partial charge on any atom is -0.845 e. The molecule has 0 aromatic heterocycles. The highest BCUT2D eigenvalue weighted by atomic mass is 19.4. The molecule has 10 aliphatic rings. The molecule has 5 saturated heterocycles. The lowest BCUT2D eigenvalue weighted by Crippen LogP contribution is -2.53. The standard InChI is InChI=1S/C38H40F10N4O4.C38H35N4O4.C16H23N3O4/c1-15(2)51-17(5)33(7,8)21-11-19(23(13-25(21)51)49-31(55)35(39,40)37(43,44)45)27-29(53)28(30(27)54)20-12-22-26(52(16(3)4)18(6)34(22,9)10)14-24(20)50-32(56)36(41,42)38(46,47)48;43-35-33(29-17-15-27(41-19-7-8-20-41)23-31(29)39-37(45)25-11-3-1-4-12-25)36(44)34(35)30-18-16-28(42-21-9-10-22-42)24-32(30)40-38(46)26-13-5-2-6-14-26;1-10(2)19-12(23-9-16(19,3)4)8-7-11-13(20)17(5)15(22)18(6)14(11)21/h11-18,53H,1-10H3,(H,49,55);1-6,11-18,23-24,35,44H,7-10,19-22H2,(H,39,45);7-8,10H,9H2,1-6H3/q;-1;/b;34-30-,40-32?;12-8-. The Hall–Kier alpha value is -12.2. The smallest absolute Gasteiger partial charge is 0.463 e. The van der Waals surface area contributed by atoms with E-state index in [0.29, 0.717) is 68.7 Å². The fraction of sp³-hybridized carbons (Fsp3) is 0.413. The van der Waals surface area contributed by atoms with Crippen LogP contribution in [0.3, 0.4) is 0 Å². The van der Waals surface area contributed by atoms with Crippen LogP contribution in [-0.4, -0.2) is 206 Å². The number of nitrogens with one attached hydrogen (secondary N) is 2. The van der Waals surface area contributed by atoms with Crippen molar-refractivity contribution in [3.05, 3.63) is 224 Å². The Morgan fingerprint density at radius 2 is 1.13 bits per heavy atom. The van der Waals surface area contributed by atoms with Gasteiger partial charge in [0.1, 0.15) is 23.7 Å². The minimum atomic E-state index is -6.34. The first-order valence-electron chi connectivity index (χ1n) is 40.9. The van der Waals surface area contributed by atoms with Gasteiger partial charge in [-0.25, -0.2) is 14.8 Å². The molecule has 3 atom stereocenters. The Balaban J connectivity index is 0.000000184. The first-order valence-corrected chi connectivity index (χ1v) is 40.9. The minimum absolute atomic E-state index is 0.0564. The molecule has 4 aromatic rings. The number of ether oxygens (including phenoxy) is 1. The maximum Gasteiger partial charge on any atom is 0.463 e. The quantitative estimate of drug-likeness (QED) is 0.0518. The molecule has 6 heterocycles. The third kappa shape index (κ3) is 16.9. The number of hydrogen-bond acceptors (Lipinski definition) is 17. The van der Waals surface area contributed by atoms with Crippen LogP contribution in [0.5, 0.6) is 0 Å². The molecule has 33 heteroatoms. The highest BCUT2D eigenvalue weighted by molar-refractivity contribution is 6.42. The number of allylic oxidation sites excluding steroid dienone is 12.